The number of nitrogens with zero attached hydrogens (tertiary/aromatic N) is 3. The smallest absolute Gasteiger partial charge is 0.387 e. The first-order valence-corrected chi connectivity index (χ1v) is 10.3. The van der Waals surface area contributed by atoms with Crippen molar-refractivity contribution < 1.29 is 22.7 Å². The zero-order valence-electron chi connectivity index (χ0n) is 17.3. The quantitative estimate of drug-likeness (QED) is 0.543. The fourth-order valence-corrected chi connectivity index (χ4v) is 4.08. The number of aliphatic imine (C=N–C) groups is 1. The van der Waals surface area contributed by atoms with Crippen LogP contribution in [0, 0.1) is 11.8 Å². The molecule has 3 heterocycles. The highest BCUT2D eigenvalue weighted by atomic mass is 19.4. The molecule has 4 rings (SSSR count). The number of nitrogens with two attached hydrogens (primary N) is 1. The number of ether oxygens (including phenoxy) is 1. The van der Waals surface area contributed by atoms with Crippen molar-refractivity contribution >= 4 is 17.3 Å². The number of likely N-dealkylation sites (tertiary alicyclic amines) is 1. The third-order valence-electron chi connectivity index (χ3n) is 5.75. The Morgan fingerprint density at radius 2 is 2.06 bits per heavy atom. The minimum absolute atomic E-state index is 0.0722. The van der Waals surface area contributed by atoms with E-state index < -0.39 is 23.9 Å². The number of amidine groups is 1. The lowest BCUT2D eigenvalue weighted by atomic mass is 9.94. The zero-order valence-corrected chi connectivity index (χ0v) is 17.3. The molecule has 0 spiro atoms. The Bertz CT molecular complexity index is 1020. The van der Waals surface area contributed by atoms with Gasteiger partial charge in [-0.2, -0.15) is 18.2 Å². The van der Waals surface area contributed by atoms with Gasteiger partial charge in [-0.1, -0.05) is 36.4 Å². The molecular formula is C22H24F3N5O2. The highest BCUT2D eigenvalue weighted by Gasteiger charge is 2.51. The van der Waals surface area contributed by atoms with Crippen LogP contribution in [0.4, 0.5) is 13.2 Å². The van der Waals surface area contributed by atoms with Gasteiger partial charge in [0.15, 0.2) is 0 Å². The van der Waals surface area contributed by atoms with Gasteiger partial charge in [0.25, 0.3) is 5.91 Å². The number of hydrogen-bond acceptors (Lipinski definition) is 4. The van der Waals surface area contributed by atoms with Crippen molar-refractivity contribution in [1.82, 2.24) is 14.9 Å². The number of imidazole rings is 1. The van der Waals surface area contributed by atoms with Gasteiger partial charge in [0.1, 0.15) is 17.4 Å². The van der Waals surface area contributed by atoms with E-state index in [0.29, 0.717) is 32.0 Å². The van der Waals surface area contributed by atoms with Gasteiger partial charge in [0, 0.05) is 25.6 Å². The maximum Gasteiger partial charge on any atom is 0.393 e. The van der Waals surface area contributed by atoms with E-state index in [1.54, 1.807) is 4.90 Å². The van der Waals surface area contributed by atoms with Crippen LogP contribution in [-0.4, -0.2) is 59.1 Å². The van der Waals surface area contributed by atoms with E-state index in [2.05, 4.69) is 15.0 Å². The maximum absolute atomic E-state index is 13.7. The molecule has 2 aliphatic rings. The molecule has 2 aromatic rings. The second-order valence-electron chi connectivity index (χ2n) is 7.98. The topological polar surface area (TPSA) is 96.6 Å². The minimum atomic E-state index is -4.45. The maximum atomic E-state index is 13.7. The third-order valence-corrected chi connectivity index (χ3v) is 5.75. The van der Waals surface area contributed by atoms with E-state index in [4.69, 9.17) is 10.5 Å². The van der Waals surface area contributed by atoms with Crippen LogP contribution in [0.3, 0.4) is 0 Å². The molecule has 0 bridgehead atoms. The lowest BCUT2D eigenvalue weighted by molar-refractivity contribution is -0.175. The van der Waals surface area contributed by atoms with Crippen LogP contribution in [0.2, 0.25) is 0 Å². The number of H-pyrrole nitrogens is 1. The molecule has 1 aromatic heterocycles. The number of carbonyl (C=O) groups excluding carboxylic acids is 1. The minimum Gasteiger partial charge on any atom is -0.387 e. The lowest BCUT2D eigenvalue weighted by Crippen LogP contribution is -2.37. The van der Waals surface area contributed by atoms with Gasteiger partial charge in [-0.15, -0.1) is 0 Å². The van der Waals surface area contributed by atoms with Crippen molar-refractivity contribution in [2.75, 3.05) is 26.3 Å². The molecule has 0 radical (unpaired) electrons. The second-order valence-corrected chi connectivity index (χ2v) is 7.98. The SMILES string of the molecule is NC(=NC(=O)c1cnc(C2=CCOCC2)[nH]1)C1CN(Cc2ccccc2)C[C@H]1C(F)(F)F. The van der Waals surface area contributed by atoms with Gasteiger partial charge >= 0.3 is 6.18 Å². The molecule has 10 heteroatoms. The summed E-state index contributed by atoms with van der Waals surface area (Å²) >= 11 is 0. The van der Waals surface area contributed by atoms with E-state index in [0.717, 1.165) is 11.1 Å². The zero-order chi connectivity index (χ0) is 22.7. The Balaban J connectivity index is 1.49. The summed E-state index contributed by atoms with van der Waals surface area (Å²) in [4.78, 5) is 25.1. The van der Waals surface area contributed by atoms with E-state index >= 15 is 0 Å². The number of benzene rings is 1. The molecule has 1 amide bonds. The number of amides is 1. The summed E-state index contributed by atoms with van der Waals surface area (Å²) in [5.41, 5.74) is 7.86. The highest BCUT2D eigenvalue weighted by Crippen LogP contribution is 2.38. The van der Waals surface area contributed by atoms with Gasteiger partial charge in [-0.25, -0.2) is 4.98 Å². The molecule has 0 aliphatic carbocycles. The number of carbonyl (C=O) groups is 1. The van der Waals surface area contributed by atoms with Crippen LogP contribution in [0.15, 0.2) is 47.6 Å². The lowest BCUT2D eigenvalue weighted by Gasteiger charge is -2.20. The number of hydrogen-bond donors (Lipinski definition) is 2. The monoisotopic (exact) mass is 447 g/mol. The molecule has 1 saturated heterocycles. The number of aromatic amines is 1. The van der Waals surface area contributed by atoms with Gasteiger partial charge in [0.05, 0.1) is 25.3 Å². The first-order valence-electron chi connectivity index (χ1n) is 10.3. The number of rotatable bonds is 5. The second kappa shape index (κ2) is 9.25. The van der Waals surface area contributed by atoms with Crippen LogP contribution in [0.25, 0.3) is 5.57 Å². The average Bonchev–Trinajstić information content (AvgIpc) is 3.43. The summed E-state index contributed by atoms with van der Waals surface area (Å²) in [6.07, 6.45) is -0.612. The largest absolute Gasteiger partial charge is 0.393 e. The van der Waals surface area contributed by atoms with Gasteiger partial charge in [0.2, 0.25) is 0 Å². The molecule has 170 valence electrons. The van der Waals surface area contributed by atoms with Crippen LogP contribution in [-0.2, 0) is 11.3 Å². The Kier molecular flexibility index (Phi) is 6.43. The fourth-order valence-electron chi connectivity index (χ4n) is 4.08. The summed E-state index contributed by atoms with van der Waals surface area (Å²) in [6, 6.07) is 9.26. The number of halogens is 3. The van der Waals surface area contributed by atoms with Gasteiger partial charge < -0.3 is 15.5 Å². The molecule has 1 unspecified atom stereocenters. The van der Waals surface area contributed by atoms with E-state index in [9.17, 15) is 18.0 Å². The van der Waals surface area contributed by atoms with Crippen molar-refractivity contribution in [1.29, 1.82) is 0 Å². The predicted octanol–water partition coefficient (Wildman–Crippen LogP) is 3.02. The van der Waals surface area contributed by atoms with Crippen molar-refractivity contribution in [3.63, 3.8) is 0 Å². The number of aromatic nitrogens is 2. The van der Waals surface area contributed by atoms with Crippen molar-refractivity contribution in [2.24, 2.45) is 22.6 Å². The number of alkyl halides is 3. The molecule has 3 N–H and O–H groups in total. The summed E-state index contributed by atoms with van der Waals surface area (Å²) in [6.45, 7) is 1.26. The Morgan fingerprint density at radius 3 is 2.75 bits per heavy atom. The van der Waals surface area contributed by atoms with Crippen molar-refractivity contribution in [3.05, 3.63) is 59.7 Å². The molecular weight excluding hydrogens is 423 g/mol. The molecule has 2 atom stereocenters. The molecule has 32 heavy (non-hydrogen) atoms. The predicted molar refractivity (Wildman–Crippen MR) is 113 cm³/mol. The standard InChI is InChI=1S/C22H24F3N5O2/c23-22(24,25)17-13-30(11-14-4-2-1-3-5-14)12-16(17)19(26)29-21(31)18-10-27-20(28-18)15-6-8-32-9-7-15/h1-6,10,16-17H,7-9,11-13H2,(H,27,28)(H2,26,29,31)/t16?,17-/m1/s1. The normalized spacial score (nSPS) is 22.7. The molecule has 2 aliphatic heterocycles. The first-order chi connectivity index (χ1) is 15.3. The average molecular weight is 447 g/mol. The van der Waals surface area contributed by atoms with E-state index in [1.807, 2.05) is 36.4 Å². The Hall–Kier alpha value is -2.98. The van der Waals surface area contributed by atoms with Gasteiger partial charge in [-0.05, 0) is 17.6 Å². The first kappa shape index (κ1) is 22.2. The Labute approximate surface area is 183 Å². The molecule has 0 saturated carbocycles. The summed E-state index contributed by atoms with van der Waals surface area (Å²) < 4.78 is 46.3. The van der Waals surface area contributed by atoms with Crippen LogP contribution < -0.4 is 5.73 Å². The summed E-state index contributed by atoms with van der Waals surface area (Å²) in [7, 11) is 0. The van der Waals surface area contributed by atoms with Crippen LogP contribution in [0.1, 0.15) is 28.3 Å². The Morgan fingerprint density at radius 1 is 1.28 bits per heavy atom. The summed E-state index contributed by atoms with van der Waals surface area (Å²) in [5.74, 6) is -3.31. The summed E-state index contributed by atoms with van der Waals surface area (Å²) in [5, 5.41) is 0. The number of nitrogens with one attached hydrogen (secondary N) is 1. The van der Waals surface area contributed by atoms with E-state index in [-0.39, 0.29) is 24.6 Å². The molecule has 1 aromatic carbocycles. The van der Waals surface area contributed by atoms with Crippen LogP contribution in [0.5, 0.6) is 0 Å². The van der Waals surface area contributed by atoms with Crippen LogP contribution >= 0.6 is 0 Å². The molecule has 7 nitrogen and oxygen atoms in total. The molecule has 1 fully saturated rings. The van der Waals surface area contributed by atoms with Crippen molar-refractivity contribution in [3.8, 4) is 0 Å². The highest BCUT2D eigenvalue weighted by molar-refractivity contribution is 6.02. The fraction of sp³-hybridized carbons (Fsp3) is 0.409. The van der Waals surface area contributed by atoms with Gasteiger partial charge in [-0.3, -0.25) is 9.69 Å². The van der Waals surface area contributed by atoms with E-state index in [1.165, 1.54) is 6.20 Å². The third kappa shape index (κ3) is 5.08. The van der Waals surface area contributed by atoms with Crippen molar-refractivity contribution in [2.45, 2.75) is 19.1 Å².